The van der Waals surface area contributed by atoms with E-state index < -0.39 is 0 Å². The molecule has 1 aliphatic rings. The lowest BCUT2D eigenvalue weighted by Gasteiger charge is -2.33. The Morgan fingerprint density at radius 3 is 2.45 bits per heavy atom. The van der Waals surface area contributed by atoms with Crippen LogP contribution in [0.15, 0.2) is 53.7 Å². The van der Waals surface area contributed by atoms with Gasteiger partial charge >= 0.3 is 0 Å². The SMILES string of the molecule is CCc1ccc(NC(=O)[C@@H]2Sc3nnc(CC)n3N[C@@H]2c2ccc(C)cc2)cc1. The van der Waals surface area contributed by atoms with Gasteiger partial charge in [0, 0.05) is 12.1 Å². The maximum atomic E-state index is 13.2. The Balaban J connectivity index is 1.63. The summed E-state index contributed by atoms with van der Waals surface area (Å²) in [5.41, 5.74) is 7.77. The van der Waals surface area contributed by atoms with Crippen molar-refractivity contribution in [2.45, 2.75) is 50.1 Å². The summed E-state index contributed by atoms with van der Waals surface area (Å²) in [6.07, 6.45) is 1.74. The van der Waals surface area contributed by atoms with Crippen molar-refractivity contribution in [3.63, 3.8) is 0 Å². The molecular weight excluding hydrogens is 382 g/mol. The van der Waals surface area contributed by atoms with E-state index in [2.05, 4.69) is 59.1 Å². The molecule has 0 radical (unpaired) electrons. The lowest BCUT2D eigenvalue weighted by atomic mass is 10.0. The third kappa shape index (κ3) is 4.00. The minimum Gasteiger partial charge on any atom is -0.325 e. The number of rotatable bonds is 5. The Morgan fingerprint density at radius 2 is 1.79 bits per heavy atom. The molecule has 2 aromatic carbocycles. The van der Waals surface area contributed by atoms with Gasteiger partial charge in [0.25, 0.3) is 0 Å². The van der Waals surface area contributed by atoms with Crippen LogP contribution in [-0.2, 0) is 17.6 Å². The summed E-state index contributed by atoms with van der Waals surface area (Å²) in [5.74, 6) is 0.809. The average molecular weight is 408 g/mol. The molecule has 6 nitrogen and oxygen atoms in total. The molecule has 2 heterocycles. The highest BCUT2D eigenvalue weighted by atomic mass is 32.2. The summed E-state index contributed by atoms with van der Waals surface area (Å²) < 4.78 is 1.91. The first-order valence-electron chi connectivity index (χ1n) is 9.93. The minimum absolute atomic E-state index is 0.0513. The van der Waals surface area contributed by atoms with Gasteiger partial charge in [-0.1, -0.05) is 67.6 Å². The Hall–Kier alpha value is -2.80. The number of anilines is 1. The summed E-state index contributed by atoms with van der Waals surface area (Å²) in [7, 11) is 0. The van der Waals surface area contributed by atoms with E-state index >= 15 is 0 Å². The molecule has 0 spiro atoms. The molecule has 4 rings (SSSR count). The molecule has 0 saturated carbocycles. The van der Waals surface area contributed by atoms with E-state index in [0.29, 0.717) is 5.16 Å². The van der Waals surface area contributed by atoms with Crippen LogP contribution in [0.25, 0.3) is 0 Å². The van der Waals surface area contributed by atoms with Crippen LogP contribution in [0.1, 0.15) is 42.4 Å². The second-order valence-electron chi connectivity index (χ2n) is 7.18. The van der Waals surface area contributed by atoms with Crippen LogP contribution in [-0.4, -0.2) is 26.0 Å². The molecule has 2 atom stereocenters. The highest BCUT2D eigenvalue weighted by Gasteiger charge is 2.37. The maximum Gasteiger partial charge on any atom is 0.240 e. The molecule has 29 heavy (non-hydrogen) atoms. The van der Waals surface area contributed by atoms with Gasteiger partial charge in [0.1, 0.15) is 5.25 Å². The lowest BCUT2D eigenvalue weighted by Crippen LogP contribution is -2.41. The number of aromatic nitrogens is 3. The fourth-order valence-electron chi connectivity index (χ4n) is 3.39. The molecule has 0 bridgehead atoms. The number of aryl methyl sites for hydroxylation is 3. The number of amides is 1. The molecule has 1 aliphatic heterocycles. The van der Waals surface area contributed by atoms with Gasteiger partial charge in [-0.05, 0) is 36.6 Å². The molecule has 0 saturated heterocycles. The summed E-state index contributed by atoms with van der Waals surface area (Å²) in [6, 6.07) is 16.1. The van der Waals surface area contributed by atoms with Crippen molar-refractivity contribution >= 4 is 23.4 Å². The van der Waals surface area contributed by atoms with E-state index in [-0.39, 0.29) is 17.2 Å². The minimum atomic E-state index is -0.370. The van der Waals surface area contributed by atoms with Crippen LogP contribution in [0, 0.1) is 6.92 Å². The van der Waals surface area contributed by atoms with E-state index in [4.69, 9.17) is 0 Å². The molecular formula is C22H25N5OS. The molecule has 3 aromatic rings. The Bertz CT molecular complexity index is 997. The molecule has 0 unspecified atom stereocenters. The third-order valence-corrected chi connectivity index (χ3v) is 6.36. The second-order valence-corrected chi connectivity index (χ2v) is 8.29. The van der Waals surface area contributed by atoms with Gasteiger partial charge in [-0.2, -0.15) is 0 Å². The normalized spacial score (nSPS) is 18.0. The highest BCUT2D eigenvalue weighted by molar-refractivity contribution is 8.00. The number of hydrogen-bond acceptors (Lipinski definition) is 5. The van der Waals surface area contributed by atoms with Crippen molar-refractivity contribution in [2.75, 3.05) is 10.7 Å². The van der Waals surface area contributed by atoms with Gasteiger partial charge in [0.2, 0.25) is 11.1 Å². The lowest BCUT2D eigenvalue weighted by molar-refractivity contribution is -0.116. The standard InChI is InChI=1S/C22H25N5OS/c1-4-15-8-12-17(13-9-15)23-21(28)20-19(16-10-6-14(3)7-11-16)26-27-18(5-2)24-25-22(27)29-20/h6-13,19-20,26H,4-5H2,1-3H3,(H,23,28)/t19-,20-/m1/s1. The Labute approximate surface area is 175 Å². The quantitative estimate of drug-likeness (QED) is 0.666. The van der Waals surface area contributed by atoms with E-state index in [1.807, 2.05) is 35.9 Å². The van der Waals surface area contributed by atoms with Gasteiger partial charge in [-0.3, -0.25) is 4.79 Å². The van der Waals surface area contributed by atoms with Gasteiger partial charge in [-0.15, -0.1) is 10.2 Å². The summed E-state index contributed by atoms with van der Waals surface area (Å²) in [6.45, 7) is 6.22. The zero-order valence-electron chi connectivity index (χ0n) is 16.8. The highest BCUT2D eigenvalue weighted by Crippen LogP contribution is 2.37. The average Bonchev–Trinajstić information content (AvgIpc) is 3.16. The second kappa shape index (κ2) is 8.29. The largest absolute Gasteiger partial charge is 0.325 e. The Kier molecular flexibility index (Phi) is 5.58. The van der Waals surface area contributed by atoms with Gasteiger partial charge < -0.3 is 10.7 Å². The molecule has 150 valence electrons. The van der Waals surface area contributed by atoms with Crippen molar-refractivity contribution in [1.82, 2.24) is 14.9 Å². The molecule has 7 heteroatoms. The first kappa shape index (κ1) is 19.5. The van der Waals surface area contributed by atoms with Crippen LogP contribution in [0.5, 0.6) is 0 Å². The van der Waals surface area contributed by atoms with Gasteiger partial charge in [0.05, 0.1) is 6.04 Å². The first-order chi connectivity index (χ1) is 14.1. The third-order valence-electron chi connectivity index (χ3n) is 5.14. The zero-order valence-corrected chi connectivity index (χ0v) is 17.7. The van der Waals surface area contributed by atoms with E-state index in [9.17, 15) is 4.79 Å². The molecule has 1 amide bonds. The number of nitrogens with zero attached hydrogens (tertiary/aromatic N) is 3. The first-order valence-corrected chi connectivity index (χ1v) is 10.8. The monoisotopic (exact) mass is 407 g/mol. The number of benzene rings is 2. The van der Waals surface area contributed by atoms with Crippen molar-refractivity contribution in [3.05, 3.63) is 71.0 Å². The van der Waals surface area contributed by atoms with Crippen molar-refractivity contribution < 1.29 is 4.79 Å². The number of carbonyl (C=O) groups excluding carboxylic acids is 1. The molecule has 0 aliphatic carbocycles. The van der Waals surface area contributed by atoms with Crippen LogP contribution < -0.4 is 10.7 Å². The van der Waals surface area contributed by atoms with E-state index in [1.165, 1.54) is 22.9 Å². The molecule has 0 fully saturated rings. The smallest absolute Gasteiger partial charge is 0.240 e. The van der Waals surface area contributed by atoms with Crippen LogP contribution in [0.4, 0.5) is 5.69 Å². The fourth-order valence-corrected chi connectivity index (χ4v) is 4.49. The number of nitrogens with one attached hydrogen (secondary N) is 2. The maximum absolute atomic E-state index is 13.2. The summed E-state index contributed by atoms with van der Waals surface area (Å²) >= 11 is 1.45. The van der Waals surface area contributed by atoms with Gasteiger partial charge in [0.15, 0.2) is 5.82 Å². The number of thioether (sulfide) groups is 1. The van der Waals surface area contributed by atoms with Crippen LogP contribution in [0.3, 0.4) is 0 Å². The summed E-state index contributed by atoms with van der Waals surface area (Å²) in [4.78, 5) is 13.2. The molecule has 2 N–H and O–H groups in total. The predicted octanol–water partition coefficient (Wildman–Crippen LogP) is 4.11. The fraction of sp³-hybridized carbons (Fsp3) is 0.318. The number of fused-ring (bicyclic) bond motifs is 1. The predicted molar refractivity (Wildman–Crippen MR) is 117 cm³/mol. The molecule has 1 aromatic heterocycles. The summed E-state index contributed by atoms with van der Waals surface area (Å²) in [5, 5.41) is 11.9. The van der Waals surface area contributed by atoms with Crippen LogP contribution >= 0.6 is 11.8 Å². The van der Waals surface area contributed by atoms with Crippen molar-refractivity contribution in [1.29, 1.82) is 0 Å². The van der Waals surface area contributed by atoms with E-state index in [1.54, 1.807) is 0 Å². The Morgan fingerprint density at radius 1 is 1.07 bits per heavy atom. The zero-order chi connectivity index (χ0) is 20.4. The van der Waals surface area contributed by atoms with Crippen molar-refractivity contribution in [3.8, 4) is 0 Å². The van der Waals surface area contributed by atoms with E-state index in [0.717, 1.165) is 29.9 Å². The van der Waals surface area contributed by atoms with Crippen LogP contribution in [0.2, 0.25) is 0 Å². The van der Waals surface area contributed by atoms with Crippen molar-refractivity contribution in [2.24, 2.45) is 0 Å². The number of carbonyl (C=O) groups is 1. The number of hydrogen-bond donors (Lipinski definition) is 2. The van der Waals surface area contributed by atoms with Gasteiger partial charge in [-0.25, -0.2) is 4.68 Å². The topological polar surface area (TPSA) is 71.8 Å².